The summed E-state index contributed by atoms with van der Waals surface area (Å²) >= 11 is 0. The fourth-order valence-electron chi connectivity index (χ4n) is 4.06. The van der Waals surface area contributed by atoms with Gasteiger partial charge in [0.2, 0.25) is 0 Å². The van der Waals surface area contributed by atoms with Gasteiger partial charge in [-0.2, -0.15) is 0 Å². The highest BCUT2D eigenvalue weighted by molar-refractivity contribution is 5.66. The maximum atomic E-state index is 11.3. The lowest BCUT2D eigenvalue weighted by atomic mass is 9.66. The molecule has 0 amide bonds. The van der Waals surface area contributed by atoms with Crippen LogP contribution in [0.5, 0.6) is 0 Å². The Morgan fingerprint density at radius 1 is 1.27 bits per heavy atom. The maximum Gasteiger partial charge on any atom is 0.302 e. The second kappa shape index (κ2) is 6.32. The number of aliphatic hydroxyl groups is 1. The Labute approximate surface area is 133 Å². The van der Waals surface area contributed by atoms with Crippen LogP contribution in [0.2, 0.25) is 0 Å². The van der Waals surface area contributed by atoms with Crippen LogP contribution in [0.1, 0.15) is 60.3 Å². The standard InChI is InChI=1S/C18H30O4/c1-12(2)7-11-21-17(4,5)16-15(20)14(22-13(3)19)6-8-18(16)9-10-18/h7,14-16,20H,6,8-11H2,1-5H3/t14-,15-,16-/m1/s1. The van der Waals surface area contributed by atoms with Gasteiger partial charge in [0.1, 0.15) is 6.10 Å². The van der Waals surface area contributed by atoms with E-state index in [9.17, 15) is 9.90 Å². The molecule has 4 heteroatoms. The summed E-state index contributed by atoms with van der Waals surface area (Å²) in [5.41, 5.74) is 0.949. The molecule has 4 nitrogen and oxygen atoms in total. The van der Waals surface area contributed by atoms with Gasteiger partial charge in [-0.05, 0) is 58.8 Å². The summed E-state index contributed by atoms with van der Waals surface area (Å²) in [6.45, 7) is 10.1. The Balaban J connectivity index is 2.13. The second-order valence-electron chi connectivity index (χ2n) is 7.71. The molecule has 0 unspecified atom stereocenters. The highest BCUT2D eigenvalue weighted by atomic mass is 16.6. The van der Waals surface area contributed by atoms with E-state index in [0.29, 0.717) is 6.61 Å². The van der Waals surface area contributed by atoms with Crippen molar-refractivity contribution in [3.05, 3.63) is 11.6 Å². The van der Waals surface area contributed by atoms with Crippen molar-refractivity contribution >= 4 is 5.97 Å². The molecule has 2 rings (SSSR count). The lowest BCUT2D eigenvalue weighted by Crippen LogP contribution is -2.55. The Hall–Kier alpha value is -0.870. The van der Waals surface area contributed by atoms with Crippen LogP contribution in [-0.4, -0.2) is 35.5 Å². The average molecular weight is 310 g/mol. The van der Waals surface area contributed by atoms with Crippen LogP contribution in [0.25, 0.3) is 0 Å². The van der Waals surface area contributed by atoms with E-state index in [-0.39, 0.29) is 17.3 Å². The van der Waals surface area contributed by atoms with Crippen LogP contribution < -0.4 is 0 Å². The number of carbonyl (C=O) groups excluding carboxylic acids is 1. The van der Waals surface area contributed by atoms with Crippen LogP contribution in [0.3, 0.4) is 0 Å². The van der Waals surface area contributed by atoms with Gasteiger partial charge in [-0.3, -0.25) is 4.79 Å². The van der Waals surface area contributed by atoms with Gasteiger partial charge in [-0.15, -0.1) is 0 Å². The van der Waals surface area contributed by atoms with Crippen molar-refractivity contribution in [1.82, 2.24) is 0 Å². The van der Waals surface area contributed by atoms with Crippen molar-refractivity contribution in [3.63, 3.8) is 0 Å². The van der Waals surface area contributed by atoms with Crippen molar-refractivity contribution in [1.29, 1.82) is 0 Å². The van der Waals surface area contributed by atoms with Gasteiger partial charge in [0.25, 0.3) is 0 Å². The number of aliphatic hydroxyl groups excluding tert-OH is 1. The molecule has 0 aromatic heterocycles. The first-order chi connectivity index (χ1) is 10.2. The normalized spacial score (nSPS) is 30.0. The SMILES string of the molecule is CC(=O)O[C@@H]1CCC2(CC2)[C@@H](C(C)(C)OCC=C(C)C)[C@@H]1O. The predicted octanol–water partition coefficient (Wildman–Crippen LogP) is 3.23. The Morgan fingerprint density at radius 3 is 2.41 bits per heavy atom. The Bertz CT molecular complexity index is 444. The zero-order chi connectivity index (χ0) is 16.5. The molecule has 126 valence electrons. The van der Waals surface area contributed by atoms with Gasteiger partial charge >= 0.3 is 5.97 Å². The molecule has 0 aromatic carbocycles. The predicted molar refractivity (Wildman–Crippen MR) is 85.4 cm³/mol. The van der Waals surface area contributed by atoms with Gasteiger partial charge < -0.3 is 14.6 Å². The molecular weight excluding hydrogens is 280 g/mol. The Morgan fingerprint density at radius 2 is 1.91 bits per heavy atom. The van der Waals surface area contributed by atoms with Crippen molar-refractivity contribution in [2.24, 2.45) is 11.3 Å². The number of ether oxygens (including phenoxy) is 2. The molecule has 22 heavy (non-hydrogen) atoms. The molecule has 1 spiro atoms. The first-order valence-corrected chi connectivity index (χ1v) is 8.30. The molecule has 0 bridgehead atoms. The molecule has 2 aliphatic carbocycles. The molecule has 3 atom stereocenters. The third-order valence-corrected chi connectivity index (χ3v) is 5.21. The van der Waals surface area contributed by atoms with Gasteiger partial charge in [-0.1, -0.05) is 11.6 Å². The van der Waals surface area contributed by atoms with Crippen molar-refractivity contribution in [2.45, 2.75) is 78.1 Å². The smallest absolute Gasteiger partial charge is 0.302 e. The van der Waals surface area contributed by atoms with E-state index >= 15 is 0 Å². The van der Waals surface area contributed by atoms with Gasteiger partial charge in [0.15, 0.2) is 0 Å². The molecule has 1 N–H and O–H groups in total. The quantitative estimate of drug-likeness (QED) is 0.626. The number of carbonyl (C=O) groups is 1. The maximum absolute atomic E-state index is 11.3. The second-order valence-corrected chi connectivity index (χ2v) is 7.71. The lowest BCUT2D eigenvalue weighted by molar-refractivity contribution is -0.185. The summed E-state index contributed by atoms with van der Waals surface area (Å²) < 4.78 is 11.4. The first-order valence-electron chi connectivity index (χ1n) is 8.30. The largest absolute Gasteiger partial charge is 0.460 e. The summed E-state index contributed by atoms with van der Waals surface area (Å²) in [4.78, 5) is 11.3. The van der Waals surface area contributed by atoms with Crippen LogP contribution in [0, 0.1) is 11.3 Å². The van der Waals surface area contributed by atoms with Gasteiger partial charge in [0.05, 0.1) is 18.3 Å². The lowest BCUT2D eigenvalue weighted by Gasteiger charge is -2.48. The van der Waals surface area contributed by atoms with Crippen LogP contribution in [0.15, 0.2) is 11.6 Å². The molecule has 0 aliphatic heterocycles. The van der Waals surface area contributed by atoms with E-state index in [4.69, 9.17) is 9.47 Å². The average Bonchev–Trinajstić information content (AvgIpc) is 3.12. The van der Waals surface area contributed by atoms with Crippen molar-refractivity contribution < 1.29 is 19.4 Å². The van der Waals surface area contributed by atoms with Crippen molar-refractivity contribution in [3.8, 4) is 0 Å². The molecule has 0 heterocycles. The highest BCUT2D eigenvalue weighted by Crippen LogP contribution is 2.63. The molecule has 0 saturated heterocycles. The van der Waals surface area contributed by atoms with E-state index in [2.05, 4.69) is 19.9 Å². The summed E-state index contributed by atoms with van der Waals surface area (Å²) in [7, 11) is 0. The zero-order valence-electron chi connectivity index (χ0n) is 14.5. The third kappa shape index (κ3) is 3.72. The molecular formula is C18H30O4. The number of esters is 1. The molecule has 2 aliphatic rings. The first kappa shape index (κ1) is 17.5. The number of hydrogen-bond acceptors (Lipinski definition) is 4. The highest BCUT2D eigenvalue weighted by Gasteiger charge is 2.61. The minimum atomic E-state index is -0.651. The fraction of sp³-hybridized carbons (Fsp3) is 0.833. The monoisotopic (exact) mass is 310 g/mol. The minimum Gasteiger partial charge on any atom is -0.460 e. The van der Waals surface area contributed by atoms with E-state index in [1.165, 1.54) is 12.5 Å². The van der Waals surface area contributed by atoms with Crippen LogP contribution in [0.4, 0.5) is 0 Å². The number of hydrogen-bond donors (Lipinski definition) is 1. The van der Waals surface area contributed by atoms with Gasteiger partial charge in [0, 0.05) is 12.8 Å². The van der Waals surface area contributed by atoms with Crippen LogP contribution >= 0.6 is 0 Å². The van der Waals surface area contributed by atoms with E-state index in [1.807, 2.05) is 13.8 Å². The van der Waals surface area contributed by atoms with Gasteiger partial charge in [-0.25, -0.2) is 0 Å². The van der Waals surface area contributed by atoms with E-state index in [1.54, 1.807) is 0 Å². The Kier molecular flexibility index (Phi) is 5.03. The zero-order valence-corrected chi connectivity index (χ0v) is 14.5. The summed E-state index contributed by atoms with van der Waals surface area (Å²) in [6.07, 6.45) is 5.03. The summed E-state index contributed by atoms with van der Waals surface area (Å²) in [5.74, 6) is -0.318. The summed E-state index contributed by atoms with van der Waals surface area (Å²) in [6, 6.07) is 0. The van der Waals surface area contributed by atoms with E-state index < -0.39 is 17.8 Å². The number of rotatable bonds is 5. The molecule has 2 fully saturated rings. The molecule has 2 saturated carbocycles. The summed E-state index contributed by atoms with van der Waals surface area (Å²) in [5, 5.41) is 10.8. The minimum absolute atomic E-state index is 0.00339. The fourth-order valence-corrected chi connectivity index (χ4v) is 4.06. The third-order valence-electron chi connectivity index (χ3n) is 5.21. The molecule has 0 aromatic rings. The van der Waals surface area contributed by atoms with Crippen molar-refractivity contribution in [2.75, 3.05) is 6.61 Å². The topological polar surface area (TPSA) is 55.8 Å². The molecule has 0 radical (unpaired) electrons. The van der Waals surface area contributed by atoms with E-state index in [0.717, 1.165) is 25.7 Å². The van der Waals surface area contributed by atoms with Crippen LogP contribution in [-0.2, 0) is 14.3 Å². The number of allylic oxidation sites excluding steroid dienone is 1.